The minimum Gasteiger partial charge on any atom is -0.438 e. The molecule has 0 saturated heterocycles. The van der Waals surface area contributed by atoms with Crippen LogP contribution < -0.4 is 15.6 Å². The number of hydrogen-bond donors (Lipinski definition) is 1. The number of pyridine rings is 1. The lowest BCUT2D eigenvalue weighted by atomic mass is 10.1. The molecule has 3 rings (SSSR count). The lowest BCUT2D eigenvalue weighted by molar-refractivity contribution is -0.117. The average Bonchev–Trinajstić information content (AvgIpc) is 2.80. The smallest absolute Gasteiger partial charge is 0.269 e. The van der Waals surface area contributed by atoms with E-state index in [1.807, 2.05) is 13.0 Å². The van der Waals surface area contributed by atoms with E-state index in [4.69, 9.17) is 9.47 Å². The number of ether oxygens (including phenoxy) is 2. The fourth-order valence-electron chi connectivity index (χ4n) is 2.81. The molecule has 164 valence electrons. The zero-order chi connectivity index (χ0) is 22.9. The van der Waals surface area contributed by atoms with Gasteiger partial charge in [0.15, 0.2) is 0 Å². The van der Waals surface area contributed by atoms with Crippen LogP contribution in [0, 0.1) is 11.3 Å². The third-order valence-electron chi connectivity index (χ3n) is 4.37. The molecule has 0 fully saturated rings. The first kappa shape index (κ1) is 23.2. The average molecular weight is 497 g/mol. The highest BCUT2D eigenvalue weighted by Crippen LogP contribution is 2.25. The summed E-state index contributed by atoms with van der Waals surface area (Å²) in [6.45, 7) is 3.33. The summed E-state index contributed by atoms with van der Waals surface area (Å²) < 4.78 is 13.3. The van der Waals surface area contributed by atoms with E-state index in [0.29, 0.717) is 37.6 Å². The van der Waals surface area contributed by atoms with Gasteiger partial charge in [-0.2, -0.15) is 10.2 Å². The Morgan fingerprint density at radius 1 is 1.28 bits per heavy atom. The van der Waals surface area contributed by atoms with Crippen molar-refractivity contribution in [1.82, 2.24) is 14.7 Å². The maximum atomic E-state index is 13.1. The molecule has 0 spiro atoms. The van der Waals surface area contributed by atoms with Crippen molar-refractivity contribution in [3.8, 4) is 17.7 Å². The molecule has 9 heteroatoms. The SMILES string of the molecule is CCOCCCNC(=O)C(C#N)=Cc1c(Oc2ccc(Br)cc2)nc2ccccn2c1=O. The van der Waals surface area contributed by atoms with E-state index in [0.717, 1.165) is 4.47 Å². The van der Waals surface area contributed by atoms with Gasteiger partial charge in [0.05, 0.1) is 0 Å². The molecule has 0 bridgehead atoms. The molecule has 1 aromatic carbocycles. The number of carbonyl (C=O) groups excluding carboxylic acids is 1. The molecule has 0 saturated carbocycles. The molecule has 32 heavy (non-hydrogen) atoms. The molecule has 0 unspecified atom stereocenters. The summed E-state index contributed by atoms with van der Waals surface area (Å²) in [5.41, 5.74) is -0.310. The van der Waals surface area contributed by atoms with Gasteiger partial charge in [0.1, 0.15) is 28.6 Å². The lowest BCUT2D eigenvalue weighted by Crippen LogP contribution is -2.27. The van der Waals surface area contributed by atoms with Crippen molar-refractivity contribution in [2.24, 2.45) is 0 Å². The number of carbonyl (C=O) groups is 1. The standard InChI is InChI=1S/C23H21BrN4O4/c1-2-31-13-5-11-26-21(29)16(15-25)14-19-22(32-18-9-7-17(24)8-10-18)27-20-6-3-4-12-28(20)23(19)30/h3-4,6-10,12,14H,2,5,11,13H2,1H3,(H,26,29). The Kier molecular flexibility index (Phi) is 8.14. The minimum atomic E-state index is -0.587. The Morgan fingerprint density at radius 2 is 2.06 bits per heavy atom. The normalized spacial score (nSPS) is 11.2. The van der Waals surface area contributed by atoms with E-state index in [2.05, 4.69) is 26.2 Å². The molecule has 0 aliphatic heterocycles. The van der Waals surface area contributed by atoms with Gasteiger partial charge in [-0.3, -0.25) is 14.0 Å². The summed E-state index contributed by atoms with van der Waals surface area (Å²) >= 11 is 3.36. The second-order valence-electron chi connectivity index (χ2n) is 6.60. The van der Waals surface area contributed by atoms with Crippen LogP contribution in [0.5, 0.6) is 11.6 Å². The molecule has 0 aliphatic carbocycles. The van der Waals surface area contributed by atoms with Crippen LogP contribution >= 0.6 is 15.9 Å². The topological polar surface area (TPSA) is 106 Å². The Hall–Kier alpha value is -3.48. The zero-order valence-electron chi connectivity index (χ0n) is 17.4. The van der Waals surface area contributed by atoms with Crippen LogP contribution in [0.4, 0.5) is 0 Å². The van der Waals surface area contributed by atoms with E-state index in [-0.39, 0.29) is 17.0 Å². The maximum absolute atomic E-state index is 13.1. The van der Waals surface area contributed by atoms with Crippen molar-refractivity contribution >= 4 is 33.6 Å². The highest BCUT2D eigenvalue weighted by Gasteiger charge is 2.17. The largest absolute Gasteiger partial charge is 0.438 e. The number of benzene rings is 1. The number of fused-ring (bicyclic) bond motifs is 1. The van der Waals surface area contributed by atoms with Gasteiger partial charge in [0.2, 0.25) is 5.88 Å². The molecule has 0 atom stereocenters. The monoisotopic (exact) mass is 496 g/mol. The summed E-state index contributed by atoms with van der Waals surface area (Å²) in [6, 6.07) is 14.0. The quantitative estimate of drug-likeness (QED) is 0.275. The Labute approximate surface area is 193 Å². The van der Waals surface area contributed by atoms with Gasteiger partial charge in [-0.05, 0) is 55.8 Å². The van der Waals surface area contributed by atoms with Crippen molar-refractivity contribution in [3.63, 3.8) is 0 Å². The molecule has 3 aromatic rings. The van der Waals surface area contributed by atoms with E-state index in [1.165, 1.54) is 10.5 Å². The van der Waals surface area contributed by atoms with Crippen LogP contribution in [0.1, 0.15) is 18.9 Å². The number of halogens is 1. The van der Waals surface area contributed by atoms with E-state index in [9.17, 15) is 14.9 Å². The molecular weight excluding hydrogens is 476 g/mol. The van der Waals surface area contributed by atoms with Crippen LogP contribution in [0.2, 0.25) is 0 Å². The van der Waals surface area contributed by atoms with Gasteiger partial charge in [-0.25, -0.2) is 0 Å². The predicted molar refractivity (Wildman–Crippen MR) is 123 cm³/mol. The first-order chi connectivity index (χ1) is 15.5. The second kappa shape index (κ2) is 11.2. The highest BCUT2D eigenvalue weighted by molar-refractivity contribution is 9.10. The van der Waals surface area contributed by atoms with Gasteiger partial charge in [0.25, 0.3) is 11.5 Å². The third kappa shape index (κ3) is 5.81. The first-order valence-corrected chi connectivity index (χ1v) is 10.8. The Morgan fingerprint density at radius 3 is 2.78 bits per heavy atom. The lowest BCUT2D eigenvalue weighted by Gasteiger charge is -2.10. The molecule has 0 radical (unpaired) electrons. The van der Waals surface area contributed by atoms with Crippen LogP contribution in [0.3, 0.4) is 0 Å². The van der Waals surface area contributed by atoms with E-state index in [1.54, 1.807) is 48.7 Å². The van der Waals surface area contributed by atoms with Crippen molar-refractivity contribution in [3.05, 3.63) is 74.6 Å². The first-order valence-electron chi connectivity index (χ1n) is 9.96. The summed E-state index contributed by atoms with van der Waals surface area (Å²) in [5.74, 6) is -0.134. The van der Waals surface area contributed by atoms with Crippen LogP contribution in [0.25, 0.3) is 11.7 Å². The molecule has 2 aromatic heterocycles. The number of amides is 1. The summed E-state index contributed by atoms with van der Waals surface area (Å²) in [4.78, 5) is 30.0. The van der Waals surface area contributed by atoms with Crippen molar-refractivity contribution in [1.29, 1.82) is 5.26 Å². The van der Waals surface area contributed by atoms with Crippen molar-refractivity contribution in [2.45, 2.75) is 13.3 Å². The number of nitrogens with zero attached hydrogens (tertiary/aromatic N) is 3. The number of nitriles is 1. The molecule has 2 heterocycles. The maximum Gasteiger partial charge on any atom is 0.269 e. The molecule has 0 aliphatic rings. The van der Waals surface area contributed by atoms with Gasteiger partial charge in [0, 0.05) is 30.4 Å². The highest BCUT2D eigenvalue weighted by atomic mass is 79.9. The fourth-order valence-corrected chi connectivity index (χ4v) is 3.07. The van der Waals surface area contributed by atoms with Crippen LogP contribution in [-0.4, -0.2) is 35.1 Å². The van der Waals surface area contributed by atoms with Gasteiger partial charge >= 0.3 is 0 Å². The number of hydrogen-bond acceptors (Lipinski definition) is 6. The summed E-state index contributed by atoms with van der Waals surface area (Å²) in [5, 5.41) is 12.2. The Balaban J connectivity index is 1.98. The van der Waals surface area contributed by atoms with Crippen molar-refractivity contribution in [2.75, 3.05) is 19.8 Å². The minimum absolute atomic E-state index is 0.000387. The molecule has 1 amide bonds. The van der Waals surface area contributed by atoms with Gasteiger partial charge in [-0.15, -0.1) is 0 Å². The van der Waals surface area contributed by atoms with Crippen LogP contribution in [-0.2, 0) is 9.53 Å². The number of aromatic nitrogens is 2. The predicted octanol–water partition coefficient (Wildman–Crippen LogP) is 3.70. The van der Waals surface area contributed by atoms with Gasteiger partial charge in [-0.1, -0.05) is 22.0 Å². The van der Waals surface area contributed by atoms with Crippen LogP contribution in [0.15, 0.2) is 63.5 Å². The van der Waals surface area contributed by atoms with E-state index < -0.39 is 11.5 Å². The fraction of sp³-hybridized carbons (Fsp3) is 0.217. The van der Waals surface area contributed by atoms with Gasteiger partial charge < -0.3 is 14.8 Å². The third-order valence-corrected chi connectivity index (χ3v) is 4.90. The summed E-state index contributed by atoms with van der Waals surface area (Å²) in [7, 11) is 0. The molecule has 8 nitrogen and oxygen atoms in total. The molecule has 1 N–H and O–H groups in total. The summed E-state index contributed by atoms with van der Waals surface area (Å²) in [6.07, 6.45) is 3.38. The molecular formula is C23H21BrN4O4. The number of rotatable bonds is 9. The van der Waals surface area contributed by atoms with Crippen molar-refractivity contribution < 1.29 is 14.3 Å². The second-order valence-corrected chi connectivity index (χ2v) is 7.51. The zero-order valence-corrected chi connectivity index (χ0v) is 19.0. The Bertz CT molecular complexity index is 1230. The van der Waals surface area contributed by atoms with E-state index >= 15 is 0 Å². The number of nitrogens with one attached hydrogen (secondary N) is 1.